The first-order chi connectivity index (χ1) is 8.20. The van der Waals surface area contributed by atoms with Crippen molar-refractivity contribution in [3.05, 3.63) is 0 Å². The van der Waals surface area contributed by atoms with Crippen molar-refractivity contribution in [1.82, 2.24) is 4.90 Å². The van der Waals surface area contributed by atoms with E-state index in [9.17, 15) is 0 Å². The van der Waals surface area contributed by atoms with Crippen LogP contribution in [0.15, 0.2) is 0 Å². The van der Waals surface area contributed by atoms with Crippen LogP contribution in [0.25, 0.3) is 0 Å². The third-order valence-electron chi connectivity index (χ3n) is 4.46. The highest BCUT2D eigenvalue weighted by Crippen LogP contribution is 2.36. The SMILES string of the molecule is CCC1CCCC(N(CCC(=N)N)C2CC2)C1. The van der Waals surface area contributed by atoms with Gasteiger partial charge in [-0.25, -0.2) is 0 Å². The monoisotopic (exact) mass is 237 g/mol. The van der Waals surface area contributed by atoms with Crippen molar-refractivity contribution in [2.75, 3.05) is 6.54 Å². The molecular formula is C14H27N3. The topological polar surface area (TPSA) is 53.1 Å². The summed E-state index contributed by atoms with van der Waals surface area (Å²) in [5.41, 5.74) is 5.50. The molecule has 3 nitrogen and oxygen atoms in total. The van der Waals surface area contributed by atoms with Gasteiger partial charge in [-0.05, 0) is 31.6 Å². The first kappa shape index (κ1) is 12.9. The second kappa shape index (κ2) is 5.85. The van der Waals surface area contributed by atoms with Crippen molar-refractivity contribution < 1.29 is 0 Å². The third-order valence-corrected chi connectivity index (χ3v) is 4.46. The molecule has 0 spiro atoms. The highest BCUT2D eigenvalue weighted by atomic mass is 15.2. The van der Waals surface area contributed by atoms with E-state index in [0.29, 0.717) is 5.84 Å². The zero-order valence-corrected chi connectivity index (χ0v) is 11.1. The first-order valence-electron chi connectivity index (χ1n) is 7.29. The van der Waals surface area contributed by atoms with Crippen LogP contribution in [0.5, 0.6) is 0 Å². The van der Waals surface area contributed by atoms with Crippen LogP contribution >= 0.6 is 0 Å². The molecule has 0 saturated heterocycles. The summed E-state index contributed by atoms with van der Waals surface area (Å²) in [5, 5.41) is 7.39. The summed E-state index contributed by atoms with van der Waals surface area (Å²) in [4.78, 5) is 2.67. The lowest BCUT2D eigenvalue weighted by atomic mass is 9.83. The molecule has 0 bridgehead atoms. The minimum atomic E-state index is 0.346. The molecule has 2 unspecified atom stereocenters. The maximum Gasteiger partial charge on any atom is 0.0918 e. The van der Waals surface area contributed by atoms with Gasteiger partial charge in [0.05, 0.1) is 5.84 Å². The standard InChI is InChI=1S/C14H27N3/c1-2-11-4-3-5-13(10-11)17(12-6-7-12)9-8-14(15)16/h11-13H,2-10H2,1H3,(H3,15,16). The average Bonchev–Trinajstić information content (AvgIpc) is 3.14. The fourth-order valence-corrected chi connectivity index (χ4v) is 3.25. The molecule has 0 radical (unpaired) electrons. The van der Waals surface area contributed by atoms with Gasteiger partial charge in [0.25, 0.3) is 0 Å². The number of amidine groups is 1. The molecule has 2 atom stereocenters. The number of rotatable bonds is 6. The van der Waals surface area contributed by atoms with E-state index >= 15 is 0 Å². The fourth-order valence-electron chi connectivity index (χ4n) is 3.25. The Labute approximate surface area is 105 Å². The molecule has 17 heavy (non-hydrogen) atoms. The average molecular weight is 237 g/mol. The van der Waals surface area contributed by atoms with Crippen LogP contribution in [0.2, 0.25) is 0 Å². The van der Waals surface area contributed by atoms with E-state index in [4.69, 9.17) is 11.1 Å². The summed E-state index contributed by atoms with van der Waals surface area (Å²) in [6.45, 7) is 3.34. The quantitative estimate of drug-likeness (QED) is 0.551. The van der Waals surface area contributed by atoms with E-state index in [-0.39, 0.29) is 0 Å². The molecule has 2 rings (SSSR count). The van der Waals surface area contributed by atoms with Gasteiger partial charge in [-0.2, -0.15) is 0 Å². The van der Waals surface area contributed by atoms with Gasteiger partial charge in [-0.15, -0.1) is 0 Å². The third kappa shape index (κ3) is 3.70. The number of hydrogen-bond donors (Lipinski definition) is 2. The summed E-state index contributed by atoms with van der Waals surface area (Å²) < 4.78 is 0. The molecule has 3 N–H and O–H groups in total. The minimum Gasteiger partial charge on any atom is -0.388 e. The van der Waals surface area contributed by atoms with Crippen LogP contribution in [-0.2, 0) is 0 Å². The lowest BCUT2D eigenvalue weighted by Crippen LogP contribution is -2.41. The zero-order chi connectivity index (χ0) is 12.3. The lowest BCUT2D eigenvalue weighted by Gasteiger charge is -2.37. The normalized spacial score (nSPS) is 29.5. The van der Waals surface area contributed by atoms with E-state index in [1.54, 1.807) is 0 Å². The second-order valence-corrected chi connectivity index (χ2v) is 5.84. The Balaban J connectivity index is 1.88. The molecule has 0 aliphatic heterocycles. The van der Waals surface area contributed by atoms with Crippen molar-refractivity contribution in [3.63, 3.8) is 0 Å². The minimum absolute atomic E-state index is 0.346. The van der Waals surface area contributed by atoms with Gasteiger partial charge in [-0.3, -0.25) is 10.3 Å². The van der Waals surface area contributed by atoms with Crippen LogP contribution in [-0.4, -0.2) is 29.4 Å². The van der Waals surface area contributed by atoms with E-state index < -0.39 is 0 Å². The summed E-state index contributed by atoms with van der Waals surface area (Å²) in [6, 6.07) is 1.59. The molecule has 0 aromatic carbocycles. The Hall–Kier alpha value is -0.570. The maximum atomic E-state index is 7.39. The Kier molecular flexibility index (Phi) is 4.43. The number of nitrogens with zero attached hydrogens (tertiary/aromatic N) is 1. The van der Waals surface area contributed by atoms with Crippen molar-refractivity contribution in [2.24, 2.45) is 11.7 Å². The smallest absolute Gasteiger partial charge is 0.0918 e. The predicted octanol–water partition coefficient (Wildman–Crippen LogP) is 2.75. The van der Waals surface area contributed by atoms with Crippen molar-refractivity contribution in [2.45, 2.75) is 70.4 Å². The molecule has 2 fully saturated rings. The van der Waals surface area contributed by atoms with Gasteiger partial charge >= 0.3 is 0 Å². The van der Waals surface area contributed by atoms with Gasteiger partial charge in [0.15, 0.2) is 0 Å². The van der Waals surface area contributed by atoms with Crippen LogP contribution in [0.3, 0.4) is 0 Å². The van der Waals surface area contributed by atoms with Gasteiger partial charge < -0.3 is 5.73 Å². The fraction of sp³-hybridized carbons (Fsp3) is 0.929. The number of hydrogen-bond acceptors (Lipinski definition) is 2. The summed E-state index contributed by atoms with van der Waals surface area (Å²) in [5.74, 6) is 1.28. The van der Waals surface area contributed by atoms with Crippen LogP contribution in [0, 0.1) is 11.3 Å². The Morgan fingerprint density at radius 1 is 1.24 bits per heavy atom. The van der Waals surface area contributed by atoms with E-state index in [2.05, 4.69) is 11.8 Å². The van der Waals surface area contributed by atoms with Gasteiger partial charge in [0, 0.05) is 25.0 Å². The van der Waals surface area contributed by atoms with Gasteiger partial charge in [0.1, 0.15) is 0 Å². The number of nitrogens with two attached hydrogens (primary N) is 1. The summed E-state index contributed by atoms with van der Waals surface area (Å²) >= 11 is 0. The zero-order valence-electron chi connectivity index (χ0n) is 11.1. The Morgan fingerprint density at radius 3 is 2.59 bits per heavy atom. The van der Waals surface area contributed by atoms with Crippen molar-refractivity contribution in [1.29, 1.82) is 5.41 Å². The van der Waals surface area contributed by atoms with E-state index in [1.807, 2.05) is 0 Å². The maximum absolute atomic E-state index is 7.39. The van der Waals surface area contributed by atoms with Crippen LogP contribution in [0.1, 0.15) is 58.3 Å². The number of nitrogens with one attached hydrogen (secondary N) is 1. The molecule has 0 aromatic rings. The molecular weight excluding hydrogens is 210 g/mol. The van der Waals surface area contributed by atoms with Crippen LogP contribution < -0.4 is 5.73 Å². The molecule has 2 aliphatic carbocycles. The first-order valence-corrected chi connectivity index (χ1v) is 7.29. The van der Waals surface area contributed by atoms with E-state index in [1.165, 1.54) is 44.9 Å². The van der Waals surface area contributed by atoms with Crippen LogP contribution in [0.4, 0.5) is 0 Å². The highest BCUT2D eigenvalue weighted by molar-refractivity contribution is 5.76. The molecule has 2 saturated carbocycles. The Bertz CT molecular complexity index is 260. The molecule has 0 amide bonds. The Morgan fingerprint density at radius 2 is 2.00 bits per heavy atom. The van der Waals surface area contributed by atoms with Crippen molar-refractivity contribution in [3.8, 4) is 0 Å². The second-order valence-electron chi connectivity index (χ2n) is 5.84. The molecule has 0 aromatic heterocycles. The molecule has 3 heteroatoms. The predicted molar refractivity (Wildman–Crippen MR) is 72.3 cm³/mol. The van der Waals surface area contributed by atoms with E-state index in [0.717, 1.165) is 31.0 Å². The molecule has 0 heterocycles. The van der Waals surface area contributed by atoms with Crippen molar-refractivity contribution >= 4 is 5.84 Å². The largest absolute Gasteiger partial charge is 0.388 e. The van der Waals surface area contributed by atoms with Gasteiger partial charge in [-0.1, -0.05) is 26.2 Å². The van der Waals surface area contributed by atoms with Gasteiger partial charge in [0.2, 0.25) is 0 Å². The summed E-state index contributed by atoms with van der Waals surface area (Å²) in [7, 11) is 0. The molecule has 98 valence electrons. The lowest BCUT2D eigenvalue weighted by molar-refractivity contribution is 0.123. The highest BCUT2D eigenvalue weighted by Gasteiger charge is 2.35. The summed E-state index contributed by atoms with van der Waals surface area (Å²) in [6.07, 6.45) is 10.4. The molecule has 2 aliphatic rings.